The third-order valence-corrected chi connectivity index (χ3v) is 5.24. The molecule has 0 bridgehead atoms. The van der Waals surface area contributed by atoms with Crippen molar-refractivity contribution in [3.8, 4) is 0 Å². The van der Waals surface area contributed by atoms with Crippen molar-refractivity contribution < 1.29 is 23.1 Å². The summed E-state index contributed by atoms with van der Waals surface area (Å²) in [6.45, 7) is 1.70. The summed E-state index contributed by atoms with van der Waals surface area (Å²) in [5, 5.41) is 14.4. The molecule has 25 heavy (non-hydrogen) atoms. The summed E-state index contributed by atoms with van der Waals surface area (Å²) < 4.78 is 26.7. The van der Waals surface area contributed by atoms with Gasteiger partial charge in [-0.3, -0.25) is 4.79 Å². The van der Waals surface area contributed by atoms with Crippen molar-refractivity contribution in [3.05, 3.63) is 53.6 Å². The smallest absolute Gasteiger partial charge is 0.335 e. The minimum absolute atomic E-state index is 0.0171. The molecule has 1 heterocycles. The molecule has 9 heteroatoms. The average molecular weight is 361 g/mol. The van der Waals surface area contributed by atoms with Gasteiger partial charge in [0.25, 0.3) is 5.91 Å². The molecule has 8 nitrogen and oxygen atoms in total. The molecule has 0 saturated heterocycles. The second kappa shape index (κ2) is 6.19. The Kier molecular flexibility index (Phi) is 4.19. The van der Waals surface area contributed by atoms with Crippen LogP contribution in [0.5, 0.6) is 0 Å². The van der Waals surface area contributed by atoms with E-state index in [1.165, 1.54) is 18.2 Å². The zero-order valence-corrected chi connectivity index (χ0v) is 13.9. The van der Waals surface area contributed by atoms with E-state index >= 15 is 0 Å². The number of aryl methyl sites for hydroxylation is 1. The molecule has 2 aromatic carbocycles. The van der Waals surface area contributed by atoms with Crippen LogP contribution < -0.4 is 15.4 Å². The van der Waals surface area contributed by atoms with Crippen LogP contribution in [0.1, 0.15) is 15.9 Å². The van der Waals surface area contributed by atoms with E-state index in [2.05, 4.69) is 15.4 Å². The lowest BCUT2D eigenvalue weighted by molar-refractivity contribution is -0.117. The van der Waals surface area contributed by atoms with Crippen LogP contribution in [0.3, 0.4) is 0 Å². The molecule has 1 aliphatic heterocycles. The second-order valence-electron chi connectivity index (χ2n) is 5.52. The van der Waals surface area contributed by atoms with Gasteiger partial charge in [0.1, 0.15) is 4.90 Å². The zero-order valence-electron chi connectivity index (χ0n) is 13.1. The van der Waals surface area contributed by atoms with Crippen LogP contribution >= 0.6 is 0 Å². The number of anilines is 2. The Bertz CT molecular complexity index is 971. The van der Waals surface area contributed by atoms with Gasteiger partial charge < -0.3 is 15.7 Å². The van der Waals surface area contributed by atoms with Gasteiger partial charge in [0.2, 0.25) is 10.0 Å². The van der Waals surface area contributed by atoms with Gasteiger partial charge >= 0.3 is 5.97 Å². The third kappa shape index (κ3) is 3.32. The van der Waals surface area contributed by atoms with Crippen LogP contribution in [0.25, 0.3) is 0 Å². The second-order valence-corrected chi connectivity index (χ2v) is 7.20. The molecule has 130 valence electrons. The predicted octanol–water partition coefficient (Wildman–Crippen LogP) is 1.36. The van der Waals surface area contributed by atoms with E-state index in [-0.39, 0.29) is 10.5 Å². The number of hydrogen-bond acceptors (Lipinski definition) is 5. The van der Waals surface area contributed by atoms with Gasteiger partial charge in [0.15, 0.2) is 6.17 Å². The lowest BCUT2D eigenvalue weighted by atomic mass is 10.1. The molecule has 1 unspecified atom stereocenters. The highest BCUT2D eigenvalue weighted by molar-refractivity contribution is 7.89. The number of nitrogens with one attached hydrogen (secondary N) is 3. The highest BCUT2D eigenvalue weighted by atomic mass is 32.2. The van der Waals surface area contributed by atoms with Gasteiger partial charge in [-0.05, 0) is 36.8 Å². The third-order valence-electron chi connectivity index (χ3n) is 3.75. The van der Waals surface area contributed by atoms with E-state index in [9.17, 15) is 18.0 Å². The molecule has 3 rings (SSSR count). The van der Waals surface area contributed by atoms with Crippen LogP contribution in [-0.2, 0) is 14.8 Å². The van der Waals surface area contributed by atoms with Crippen molar-refractivity contribution in [3.63, 3.8) is 0 Å². The molecule has 0 saturated carbocycles. The first-order valence-electron chi connectivity index (χ1n) is 7.30. The summed E-state index contributed by atoms with van der Waals surface area (Å²) in [6.07, 6.45) is -1.22. The SMILES string of the molecule is Cc1ccc(C(=O)O)cc1NC(=O)C1Nc2ccccc2S(=O)(=O)N1. The summed E-state index contributed by atoms with van der Waals surface area (Å²) in [5.74, 6) is -1.77. The van der Waals surface area contributed by atoms with Crippen molar-refractivity contribution in [1.29, 1.82) is 0 Å². The Morgan fingerprint density at radius 1 is 1.16 bits per heavy atom. The van der Waals surface area contributed by atoms with Crippen molar-refractivity contribution >= 4 is 33.3 Å². The fourth-order valence-corrected chi connectivity index (χ4v) is 3.71. The van der Waals surface area contributed by atoms with Crippen molar-refractivity contribution in [2.24, 2.45) is 0 Å². The minimum atomic E-state index is -3.83. The Labute approximate surface area is 143 Å². The number of para-hydroxylation sites is 1. The molecular weight excluding hydrogens is 346 g/mol. The Morgan fingerprint density at radius 3 is 2.60 bits per heavy atom. The Morgan fingerprint density at radius 2 is 1.88 bits per heavy atom. The molecule has 4 N–H and O–H groups in total. The van der Waals surface area contributed by atoms with Crippen molar-refractivity contribution in [1.82, 2.24) is 4.72 Å². The van der Waals surface area contributed by atoms with Crippen molar-refractivity contribution in [2.45, 2.75) is 18.0 Å². The number of carboxylic acids is 1. The van der Waals surface area contributed by atoms with E-state index in [4.69, 9.17) is 5.11 Å². The van der Waals surface area contributed by atoms with E-state index in [0.717, 1.165) is 0 Å². The van der Waals surface area contributed by atoms with Crippen molar-refractivity contribution in [2.75, 3.05) is 10.6 Å². The normalized spacial score (nSPS) is 17.9. The molecule has 0 aliphatic carbocycles. The maximum Gasteiger partial charge on any atom is 0.335 e. The number of aromatic carboxylic acids is 1. The molecule has 0 radical (unpaired) electrons. The van der Waals surface area contributed by atoms with Crippen LogP contribution in [-0.4, -0.2) is 31.6 Å². The minimum Gasteiger partial charge on any atom is -0.478 e. The van der Waals surface area contributed by atoms with E-state index in [1.807, 2.05) is 0 Å². The largest absolute Gasteiger partial charge is 0.478 e. The molecule has 0 spiro atoms. The summed E-state index contributed by atoms with van der Waals surface area (Å²) in [6, 6.07) is 10.5. The van der Waals surface area contributed by atoms with E-state index in [0.29, 0.717) is 16.9 Å². The van der Waals surface area contributed by atoms with Crippen LogP contribution in [0.15, 0.2) is 47.4 Å². The molecule has 1 amide bonds. The molecular formula is C16H15N3O5S. The lowest BCUT2D eigenvalue weighted by Gasteiger charge is -2.27. The maximum atomic E-state index is 12.5. The van der Waals surface area contributed by atoms with Crippen LogP contribution in [0, 0.1) is 6.92 Å². The highest BCUT2D eigenvalue weighted by Crippen LogP contribution is 2.26. The van der Waals surface area contributed by atoms with Gasteiger partial charge in [-0.2, -0.15) is 4.72 Å². The maximum absolute atomic E-state index is 12.5. The number of benzene rings is 2. The summed E-state index contributed by atoms with van der Waals surface area (Å²) in [4.78, 5) is 23.6. The average Bonchev–Trinajstić information content (AvgIpc) is 2.56. The first kappa shape index (κ1) is 16.9. The first-order valence-corrected chi connectivity index (χ1v) is 8.79. The summed E-state index contributed by atoms with van der Waals surface area (Å²) in [5.41, 5.74) is 1.28. The lowest BCUT2D eigenvalue weighted by Crippen LogP contribution is -2.51. The van der Waals surface area contributed by atoms with Crippen LogP contribution in [0.2, 0.25) is 0 Å². The number of carbonyl (C=O) groups is 2. The summed E-state index contributed by atoms with van der Waals surface area (Å²) >= 11 is 0. The van der Waals surface area contributed by atoms with Gasteiger partial charge in [-0.25, -0.2) is 13.2 Å². The van der Waals surface area contributed by atoms with Gasteiger partial charge in [0, 0.05) is 5.69 Å². The Hall–Kier alpha value is -2.91. The Balaban J connectivity index is 1.86. The molecule has 2 aromatic rings. The number of fused-ring (bicyclic) bond motifs is 1. The number of sulfonamides is 1. The number of carbonyl (C=O) groups excluding carboxylic acids is 1. The number of carboxylic acid groups (broad SMARTS) is 1. The van der Waals surface area contributed by atoms with Gasteiger partial charge in [-0.15, -0.1) is 0 Å². The van der Waals surface area contributed by atoms with E-state index in [1.54, 1.807) is 31.2 Å². The molecule has 0 aromatic heterocycles. The van der Waals surface area contributed by atoms with Gasteiger partial charge in [-0.1, -0.05) is 18.2 Å². The fourth-order valence-electron chi connectivity index (χ4n) is 2.44. The van der Waals surface area contributed by atoms with Crippen LogP contribution in [0.4, 0.5) is 11.4 Å². The molecule has 0 fully saturated rings. The quantitative estimate of drug-likeness (QED) is 0.654. The number of amides is 1. The summed E-state index contributed by atoms with van der Waals surface area (Å²) in [7, 11) is -3.83. The number of rotatable bonds is 3. The number of hydrogen-bond donors (Lipinski definition) is 4. The monoisotopic (exact) mass is 361 g/mol. The predicted molar refractivity (Wildman–Crippen MR) is 90.9 cm³/mol. The fraction of sp³-hybridized carbons (Fsp3) is 0.125. The standard InChI is InChI=1S/C16H15N3O5S/c1-9-6-7-10(16(21)22)8-12(9)18-15(20)14-17-11-4-2-3-5-13(11)25(23,24)19-14/h2-8,14,17,19H,1H3,(H,18,20)(H,21,22). The topological polar surface area (TPSA) is 125 Å². The van der Waals surface area contributed by atoms with Gasteiger partial charge in [0.05, 0.1) is 11.3 Å². The zero-order chi connectivity index (χ0) is 18.2. The first-order chi connectivity index (χ1) is 11.8. The molecule has 1 atom stereocenters. The highest BCUT2D eigenvalue weighted by Gasteiger charge is 2.33. The molecule has 1 aliphatic rings. The van der Waals surface area contributed by atoms with E-state index < -0.39 is 28.1 Å².